The van der Waals surface area contributed by atoms with Crippen LogP contribution >= 0.6 is 15.9 Å². The third kappa shape index (κ3) is 4.56. The quantitative estimate of drug-likeness (QED) is 0.862. The fourth-order valence-corrected chi connectivity index (χ4v) is 2.14. The first kappa shape index (κ1) is 16.5. The first-order valence-electron chi connectivity index (χ1n) is 7.10. The third-order valence-corrected chi connectivity index (χ3v) is 3.70. The second-order valence-corrected chi connectivity index (χ2v) is 6.29. The number of anilines is 1. The molecular formula is C17H19BrN2O2. The van der Waals surface area contributed by atoms with Gasteiger partial charge in [-0.05, 0) is 58.1 Å². The normalized spacial score (nSPS) is 10.6. The van der Waals surface area contributed by atoms with Crippen molar-refractivity contribution in [3.8, 4) is 5.75 Å². The van der Waals surface area contributed by atoms with Gasteiger partial charge in [0, 0.05) is 10.7 Å². The van der Waals surface area contributed by atoms with Crippen molar-refractivity contribution in [2.75, 3.05) is 11.9 Å². The Kier molecular flexibility index (Phi) is 5.55. The van der Waals surface area contributed by atoms with Gasteiger partial charge >= 0.3 is 0 Å². The van der Waals surface area contributed by atoms with Crippen molar-refractivity contribution in [3.05, 3.63) is 52.1 Å². The summed E-state index contributed by atoms with van der Waals surface area (Å²) in [5.74, 6) is 1.43. The monoisotopic (exact) mass is 362 g/mol. The molecule has 0 aliphatic rings. The molecule has 0 saturated heterocycles. The molecule has 0 spiro atoms. The summed E-state index contributed by atoms with van der Waals surface area (Å²) in [7, 11) is 0. The highest BCUT2D eigenvalue weighted by atomic mass is 79.9. The van der Waals surface area contributed by atoms with Crippen LogP contribution in [0.1, 0.15) is 30.9 Å². The van der Waals surface area contributed by atoms with Crippen molar-refractivity contribution in [1.29, 1.82) is 0 Å². The molecule has 1 heterocycles. The Morgan fingerprint density at radius 1 is 1.32 bits per heavy atom. The molecule has 1 amide bonds. The van der Waals surface area contributed by atoms with E-state index >= 15 is 0 Å². The predicted octanol–water partition coefficient (Wildman–Crippen LogP) is 4.29. The number of benzene rings is 1. The summed E-state index contributed by atoms with van der Waals surface area (Å²) in [6.07, 6.45) is 1.63. The molecule has 22 heavy (non-hydrogen) atoms. The van der Waals surface area contributed by atoms with Crippen molar-refractivity contribution in [1.82, 2.24) is 4.98 Å². The van der Waals surface area contributed by atoms with Gasteiger partial charge in [0.15, 0.2) is 6.61 Å². The van der Waals surface area contributed by atoms with E-state index in [4.69, 9.17) is 4.74 Å². The van der Waals surface area contributed by atoms with Crippen LogP contribution in [-0.4, -0.2) is 17.5 Å². The number of hydrogen-bond donors (Lipinski definition) is 1. The smallest absolute Gasteiger partial charge is 0.263 e. The second-order valence-electron chi connectivity index (χ2n) is 5.38. The number of nitrogens with one attached hydrogen (secondary N) is 1. The average molecular weight is 363 g/mol. The van der Waals surface area contributed by atoms with Crippen LogP contribution in [0.15, 0.2) is 41.0 Å². The first-order chi connectivity index (χ1) is 10.5. The number of ether oxygens (including phenoxy) is 1. The van der Waals surface area contributed by atoms with Gasteiger partial charge in [-0.15, -0.1) is 0 Å². The maximum Gasteiger partial charge on any atom is 0.263 e. The highest BCUT2D eigenvalue weighted by Crippen LogP contribution is 2.24. The minimum absolute atomic E-state index is 0.0415. The SMILES string of the molecule is Cc1ccc(C(C)C)cc1OCC(=O)Nc1ccc(Br)cn1. The summed E-state index contributed by atoms with van der Waals surface area (Å²) in [5.41, 5.74) is 2.20. The van der Waals surface area contributed by atoms with Crippen molar-refractivity contribution in [2.45, 2.75) is 26.7 Å². The van der Waals surface area contributed by atoms with E-state index in [1.54, 1.807) is 12.3 Å². The van der Waals surface area contributed by atoms with E-state index in [0.29, 0.717) is 11.7 Å². The first-order valence-corrected chi connectivity index (χ1v) is 7.90. The van der Waals surface area contributed by atoms with Crippen LogP contribution in [0.2, 0.25) is 0 Å². The van der Waals surface area contributed by atoms with Gasteiger partial charge < -0.3 is 10.1 Å². The van der Waals surface area contributed by atoms with Gasteiger partial charge in [-0.25, -0.2) is 4.98 Å². The molecule has 1 N–H and O–H groups in total. The van der Waals surface area contributed by atoms with Gasteiger partial charge in [-0.1, -0.05) is 26.0 Å². The number of carbonyl (C=O) groups excluding carboxylic acids is 1. The van der Waals surface area contributed by atoms with Crippen LogP contribution in [0.25, 0.3) is 0 Å². The van der Waals surface area contributed by atoms with Gasteiger partial charge in [0.25, 0.3) is 5.91 Å². The van der Waals surface area contributed by atoms with Crippen LogP contribution in [0.4, 0.5) is 5.82 Å². The predicted molar refractivity (Wildman–Crippen MR) is 91.3 cm³/mol. The van der Waals surface area contributed by atoms with Crippen LogP contribution in [0.5, 0.6) is 5.75 Å². The summed E-state index contributed by atoms with van der Waals surface area (Å²) in [5, 5.41) is 2.70. The third-order valence-electron chi connectivity index (χ3n) is 3.23. The average Bonchev–Trinajstić information content (AvgIpc) is 2.48. The van der Waals surface area contributed by atoms with Gasteiger partial charge in [-0.3, -0.25) is 4.79 Å². The molecule has 116 valence electrons. The minimum atomic E-state index is -0.232. The highest BCUT2D eigenvalue weighted by molar-refractivity contribution is 9.10. The Labute approximate surface area is 139 Å². The summed E-state index contributed by atoms with van der Waals surface area (Å²) in [6.45, 7) is 6.18. The zero-order chi connectivity index (χ0) is 16.1. The molecule has 1 aromatic heterocycles. The lowest BCUT2D eigenvalue weighted by Gasteiger charge is -2.12. The highest BCUT2D eigenvalue weighted by Gasteiger charge is 2.08. The topological polar surface area (TPSA) is 51.2 Å². The zero-order valence-corrected chi connectivity index (χ0v) is 14.5. The summed E-state index contributed by atoms with van der Waals surface area (Å²) in [6, 6.07) is 9.63. The van der Waals surface area contributed by atoms with Crippen LogP contribution in [0, 0.1) is 6.92 Å². The molecule has 0 fully saturated rings. The lowest BCUT2D eigenvalue weighted by molar-refractivity contribution is -0.118. The number of carbonyl (C=O) groups is 1. The number of hydrogen-bond acceptors (Lipinski definition) is 3. The number of amides is 1. The molecule has 0 aliphatic carbocycles. The van der Waals surface area contributed by atoms with E-state index in [9.17, 15) is 4.79 Å². The largest absolute Gasteiger partial charge is 0.483 e. The van der Waals surface area contributed by atoms with Crippen molar-refractivity contribution in [3.63, 3.8) is 0 Å². The Bertz CT molecular complexity index is 654. The van der Waals surface area contributed by atoms with Gasteiger partial charge in [0.1, 0.15) is 11.6 Å². The number of nitrogens with zero attached hydrogens (tertiary/aromatic N) is 1. The van der Waals surface area contributed by atoms with Crippen molar-refractivity contribution >= 4 is 27.7 Å². The Morgan fingerprint density at radius 3 is 2.73 bits per heavy atom. The van der Waals surface area contributed by atoms with E-state index in [-0.39, 0.29) is 12.5 Å². The Balaban J connectivity index is 1.96. The summed E-state index contributed by atoms with van der Waals surface area (Å²) in [4.78, 5) is 16.0. The molecular weight excluding hydrogens is 344 g/mol. The molecule has 0 aliphatic heterocycles. The maximum atomic E-state index is 11.9. The standard InChI is InChI=1S/C17H19BrN2O2/c1-11(2)13-5-4-12(3)15(8-13)22-10-17(21)20-16-7-6-14(18)9-19-16/h4-9,11H,10H2,1-3H3,(H,19,20,21). The van der Waals surface area contributed by atoms with Crippen LogP contribution in [0.3, 0.4) is 0 Å². The second kappa shape index (κ2) is 7.40. The van der Waals surface area contributed by atoms with Crippen LogP contribution in [-0.2, 0) is 4.79 Å². The molecule has 4 nitrogen and oxygen atoms in total. The lowest BCUT2D eigenvalue weighted by Crippen LogP contribution is -2.21. The summed E-state index contributed by atoms with van der Waals surface area (Å²) < 4.78 is 6.50. The fraction of sp³-hybridized carbons (Fsp3) is 0.294. The zero-order valence-electron chi connectivity index (χ0n) is 12.9. The minimum Gasteiger partial charge on any atom is -0.483 e. The Hall–Kier alpha value is -1.88. The number of pyridine rings is 1. The van der Waals surface area contributed by atoms with E-state index < -0.39 is 0 Å². The molecule has 0 saturated carbocycles. The molecule has 0 atom stereocenters. The van der Waals surface area contributed by atoms with E-state index in [0.717, 1.165) is 15.8 Å². The fourth-order valence-electron chi connectivity index (χ4n) is 1.90. The van der Waals surface area contributed by atoms with E-state index in [2.05, 4.69) is 46.1 Å². The number of aromatic nitrogens is 1. The molecule has 0 bridgehead atoms. The van der Waals surface area contributed by atoms with Crippen LogP contribution < -0.4 is 10.1 Å². The molecule has 0 radical (unpaired) electrons. The van der Waals surface area contributed by atoms with Gasteiger partial charge in [-0.2, -0.15) is 0 Å². The molecule has 1 aromatic carbocycles. The van der Waals surface area contributed by atoms with Gasteiger partial charge in [0.2, 0.25) is 0 Å². The molecule has 5 heteroatoms. The Morgan fingerprint density at radius 2 is 2.09 bits per heavy atom. The number of aryl methyl sites for hydroxylation is 1. The number of halogens is 1. The van der Waals surface area contributed by atoms with Crippen molar-refractivity contribution in [2.24, 2.45) is 0 Å². The molecule has 2 rings (SSSR count). The van der Waals surface area contributed by atoms with E-state index in [1.165, 1.54) is 5.56 Å². The number of rotatable bonds is 5. The van der Waals surface area contributed by atoms with Crippen molar-refractivity contribution < 1.29 is 9.53 Å². The molecule has 2 aromatic rings. The summed E-state index contributed by atoms with van der Waals surface area (Å²) >= 11 is 3.30. The van der Waals surface area contributed by atoms with E-state index in [1.807, 2.05) is 25.1 Å². The molecule has 0 unspecified atom stereocenters. The maximum absolute atomic E-state index is 11.9. The van der Waals surface area contributed by atoms with Gasteiger partial charge in [0.05, 0.1) is 0 Å². The lowest BCUT2D eigenvalue weighted by atomic mass is 10.0.